The van der Waals surface area contributed by atoms with Crippen molar-refractivity contribution >= 4 is 0 Å². The summed E-state index contributed by atoms with van der Waals surface area (Å²) in [7, 11) is 0. The van der Waals surface area contributed by atoms with Crippen LogP contribution in [0.4, 0.5) is 0 Å². The highest BCUT2D eigenvalue weighted by molar-refractivity contribution is 5.43. The van der Waals surface area contributed by atoms with Crippen LogP contribution in [-0.4, -0.2) is 0 Å². The van der Waals surface area contributed by atoms with E-state index >= 15 is 0 Å². The van der Waals surface area contributed by atoms with Crippen molar-refractivity contribution < 1.29 is 0 Å². The molecular weight excluding hydrogens is 180 g/mol. The van der Waals surface area contributed by atoms with Crippen molar-refractivity contribution in [2.75, 3.05) is 0 Å². The monoisotopic (exact) mass is 200 g/mol. The molecule has 0 amide bonds. The first kappa shape index (κ1) is 9.45. The fourth-order valence-corrected chi connectivity index (χ4v) is 3.97. The SMILES string of the molecule is CC1(C)c2ccccc2C2CCCCC21. The van der Waals surface area contributed by atoms with Gasteiger partial charge in [-0.25, -0.2) is 0 Å². The summed E-state index contributed by atoms with van der Waals surface area (Å²) in [6.07, 6.45) is 5.74. The topological polar surface area (TPSA) is 0 Å². The lowest BCUT2D eigenvalue weighted by molar-refractivity contribution is 0.233. The van der Waals surface area contributed by atoms with Crippen LogP contribution in [0.3, 0.4) is 0 Å². The van der Waals surface area contributed by atoms with Gasteiger partial charge in [0, 0.05) is 0 Å². The molecule has 2 aliphatic carbocycles. The molecule has 15 heavy (non-hydrogen) atoms. The van der Waals surface area contributed by atoms with E-state index in [1.165, 1.54) is 25.7 Å². The van der Waals surface area contributed by atoms with Crippen LogP contribution in [0, 0.1) is 5.92 Å². The number of rotatable bonds is 0. The van der Waals surface area contributed by atoms with Gasteiger partial charge in [-0.3, -0.25) is 0 Å². The van der Waals surface area contributed by atoms with Crippen LogP contribution in [0.2, 0.25) is 0 Å². The Balaban J connectivity index is 2.13. The zero-order chi connectivity index (χ0) is 10.5. The number of hydrogen-bond acceptors (Lipinski definition) is 0. The van der Waals surface area contributed by atoms with Crippen LogP contribution >= 0.6 is 0 Å². The van der Waals surface area contributed by atoms with Gasteiger partial charge >= 0.3 is 0 Å². The summed E-state index contributed by atoms with van der Waals surface area (Å²) in [4.78, 5) is 0. The average Bonchev–Trinajstić information content (AvgIpc) is 2.51. The molecule has 1 aromatic rings. The predicted octanol–water partition coefficient (Wildman–Crippen LogP) is 4.25. The van der Waals surface area contributed by atoms with Gasteiger partial charge in [-0.2, -0.15) is 0 Å². The van der Waals surface area contributed by atoms with Crippen LogP contribution in [0.25, 0.3) is 0 Å². The third-order valence-electron chi connectivity index (χ3n) is 4.75. The lowest BCUT2D eigenvalue weighted by Crippen LogP contribution is -2.27. The quantitative estimate of drug-likeness (QED) is 0.587. The second kappa shape index (κ2) is 3.10. The molecule has 0 saturated heterocycles. The van der Waals surface area contributed by atoms with E-state index < -0.39 is 0 Å². The van der Waals surface area contributed by atoms with Crippen molar-refractivity contribution in [1.82, 2.24) is 0 Å². The predicted molar refractivity (Wildman–Crippen MR) is 64.2 cm³/mol. The molecule has 0 radical (unpaired) electrons. The molecule has 0 aromatic heterocycles. The average molecular weight is 200 g/mol. The molecule has 80 valence electrons. The van der Waals surface area contributed by atoms with Crippen molar-refractivity contribution in [2.45, 2.75) is 50.9 Å². The first-order valence-corrected chi connectivity index (χ1v) is 6.30. The Kier molecular flexibility index (Phi) is 1.95. The van der Waals surface area contributed by atoms with E-state index in [1.807, 2.05) is 0 Å². The summed E-state index contributed by atoms with van der Waals surface area (Å²) in [5.74, 6) is 1.77. The van der Waals surface area contributed by atoms with Crippen LogP contribution < -0.4 is 0 Å². The number of hydrogen-bond donors (Lipinski definition) is 0. The second-order valence-corrected chi connectivity index (χ2v) is 5.81. The minimum absolute atomic E-state index is 0.418. The summed E-state index contributed by atoms with van der Waals surface area (Å²) in [5, 5.41) is 0. The van der Waals surface area contributed by atoms with Crippen molar-refractivity contribution in [2.24, 2.45) is 5.92 Å². The molecule has 0 N–H and O–H groups in total. The highest BCUT2D eigenvalue weighted by atomic mass is 14.5. The van der Waals surface area contributed by atoms with Crippen molar-refractivity contribution in [1.29, 1.82) is 0 Å². The van der Waals surface area contributed by atoms with Gasteiger partial charge in [0.15, 0.2) is 0 Å². The number of fused-ring (bicyclic) bond motifs is 3. The van der Waals surface area contributed by atoms with E-state index in [0.29, 0.717) is 5.41 Å². The zero-order valence-electron chi connectivity index (χ0n) is 9.79. The Morgan fingerprint density at radius 2 is 1.80 bits per heavy atom. The zero-order valence-corrected chi connectivity index (χ0v) is 9.79. The van der Waals surface area contributed by atoms with Crippen LogP contribution in [0.5, 0.6) is 0 Å². The van der Waals surface area contributed by atoms with E-state index in [1.54, 1.807) is 11.1 Å². The number of benzene rings is 1. The van der Waals surface area contributed by atoms with Gasteiger partial charge in [-0.15, -0.1) is 0 Å². The molecule has 1 fully saturated rings. The van der Waals surface area contributed by atoms with Gasteiger partial charge < -0.3 is 0 Å². The van der Waals surface area contributed by atoms with E-state index in [2.05, 4.69) is 38.1 Å². The Morgan fingerprint density at radius 3 is 2.67 bits per heavy atom. The minimum atomic E-state index is 0.418. The molecule has 3 rings (SSSR count). The van der Waals surface area contributed by atoms with Crippen molar-refractivity contribution in [3.63, 3.8) is 0 Å². The Hall–Kier alpha value is -0.780. The fourth-order valence-electron chi connectivity index (χ4n) is 3.97. The smallest absolute Gasteiger partial charge is 0.00667 e. The van der Waals surface area contributed by atoms with E-state index in [0.717, 1.165) is 11.8 Å². The normalized spacial score (nSPS) is 32.1. The maximum atomic E-state index is 2.45. The summed E-state index contributed by atoms with van der Waals surface area (Å²) in [5.41, 5.74) is 3.70. The Bertz CT molecular complexity index is 375. The third-order valence-corrected chi connectivity index (χ3v) is 4.75. The van der Waals surface area contributed by atoms with Gasteiger partial charge in [0.1, 0.15) is 0 Å². The molecule has 0 heteroatoms. The van der Waals surface area contributed by atoms with Gasteiger partial charge in [-0.05, 0) is 41.2 Å². The van der Waals surface area contributed by atoms with Gasteiger partial charge in [0.05, 0.1) is 0 Å². The summed E-state index contributed by atoms with van der Waals surface area (Å²) < 4.78 is 0. The van der Waals surface area contributed by atoms with Crippen molar-refractivity contribution in [3.05, 3.63) is 35.4 Å². The van der Waals surface area contributed by atoms with Crippen LogP contribution in [0.1, 0.15) is 56.6 Å². The molecule has 0 bridgehead atoms. The van der Waals surface area contributed by atoms with Gasteiger partial charge in [0.2, 0.25) is 0 Å². The standard InChI is InChI=1S/C15H20/c1-15(2)13-9-5-3-7-11(13)12-8-4-6-10-14(12)15/h3,5,7,9,12,14H,4,6,8,10H2,1-2H3. The largest absolute Gasteiger partial charge is 0.0620 e. The molecule has 0 spiro atoms. The molecule has 0 nitrogen and oxygen atoms in total. The summed E-state index contributed by atoms with van der Waals surface area (Å²) >= 11 is 0. The Morgan fingerprint density at radius 1 is 1.07 bits per heavy atom. The molecule has 0 aliphatic heterocycles. The van der Waals surface area contributed by atoms with E-state index in [-0.39, 0.29) is 0 Å². The van der Waals surface area contributed by atoms with E-state index in [4.69, 9.17) is 0 Å². The maximum Gasteiger partial charge on any atom is -0.00667 e. The molecular formula is C15H20. The van der Waals surface area contributed by atoms with E-state index in [9.17, 15) is 0 Å². The molecule has 1 saturated carbocycles. The molecule has 2 atom stereocenters. The Labute approximate surface area is 92.7 Å². The molecule has 2 aliphatic rings. The molecule has 1 aromatic carbocycles. The summed E-state index contributed by atoms with van der Waals surface area (Å²) in [6.45, 7) is 4.89. The molecule has 0 heterocycles. The lowest BCUT2D eigenvalue weighted by Gasteiger charge is -2.34. The van der Waals surface area contributed by atoms with Crippen LogP contribution in [0.15, 0.2) is 24.3 Å². The molecule has 2 unspecified atom stereocenters. The minimum Gasteiger partial charge on any atom is -0.0620 e. The van der Waals surface area contributed by atoms with Crippen LogP contribution in [-0.2, 0) is 5.41 Å². The van der Waals surface area contributed by atoms with Gasteiger partial charge in [0.25, 0.3) is 0 Å². The van der Waals surface area contributed by atoms with Crippen molar-refractivity contribution in [3.8, 4) is 0 Å². The highest BCUT2D eigenvalue weighted by Crippen LogP contribution is 2.55. The first-order chi connectivity index (χ1) is 7.21. The third kappa shape index (κ3) is 1.20. The summed E-state index contributed by atoms with van der Waals surface area (Å²) in [6, 6.07) is 9.14. The van der Waals surface area contributed by atoms with Gasteiger partial charge in [-0.1, -0.05) is 51.0 Å². The lowest BCUT2D eigenvalue weighted by atomic mass is 9.70. The fraction of sp³-hybridized carbons (Fsp3) is 0.600. The first-order valence-electron chi connectivity index (χ1n) is 6.30. The highest BCUT2D eigenvalue weighted by Gasteiger charge is 2.46. The second-order valence-electron chi connectivity index (χ2n) is 5.81. The maximum absolute atomic E-state index is 2.45.